The zero-order valence-corrected chi connectivity index (χ0v) is 16.0. The molecule has 4 nitrogen and oxygen atoms in total. The summed E-state index contributed by atoms with van der Waals surface area (Å²) in [6.45, 7) is 0.455. The first-order valence-electron chi connectivity index (χ1n) is 8.55. The summed E-state index contributed by atoms with van der Waals surface area (Å²) >= 11 is 3.27. The Morgan fingerprint density at radius 3 is 2.62 bits per heavy atom. The normalized spacial score (nSPS) is 10.9. The molecule has 24 heavy (non-hydrogen) atoms. The van der Waals surface area contributed by atoms with Gasteiger partial charge in [0.25, 0.3) is 0 Å². The molecule has 5 heteroatoms. The molecule has 0 saturated heterocycles. The van der Waals surface area contributed by atoms with E-state index in [1.54, 1.807) is 18.2 Å². The number of methoxy groups -OCH3 is 1. The molecule has 0 aliphatic carbocycles. The fourth-order valence-electron chi connectivity index (χ4n) is 2.44. The maximum Gasteiger partial charge on any atom is 0.220 e. The minimum Gasteiger partial charge on any atom is -0.504 e. The van der Waals surface area contributed by atoms with E-state index in [1.165, 1.54) is 32.8 Å². The van der Waals surface area contributed by atoms with Crippen molar-refractivity contribution in [3.05, 3.63) is 34.8 Å². The number of unbranched alkanes of at least 4 members (excludes halogenated alkanes) is 6. The van der Waals surface area contributed by atoms with E-state index in [-0.39, 0.29) is 11.7 Å². The molecule has 1 aromatic carbocycles. The van der Waals surface area contributed by atoms with E-state index in [2.05, 4.69) is 27.3 Å². The number of aromatic hydroxyl groups is 1. The molecule has 0 aromatic heterocycles. The van der Waals surface area contributed by atoms with Gasteiger partial charge in [0.15, 0.2) is 11.5 Å². The SMILES string of the molecule is COc1cc(CNC(=O)CCCCCCCC/C=C\Br)ccc1O. The molecule has 2 N–H and O–H groups in total. The molecular weight excluding hydrogens is 370 g/mol. The molecule has 0 bridgehead atoms. The Bertz CT molecular complexity index is 517. The number of hydrogen-bond acceptors (Lipinski definition) is 3. The molecule has 0 aliphatic heterocycles. The van der Waals surface area contributed by atoms with Gasteiger partial charge in [0.1, 0.15) is 0 Å². The number of hydrogen-bond donors (Lipinski definition) is 2. The summed E-state index contributed by atoms with van der Waals surface area (Å²) in [5.74, 6) is 0.605. The van der Waals surface area contributed by atoms with Gasteiger partial charge in [0.2, 0.25) is 5.91 Å². The highest BCUT2D eigenvalue weighted by atomic mass is 79.9. The number of benzene rings is 1. The second-order valence-corrected chi connectivity index (χ2v) is 6.33. The fourth-order valence-corrected chi connectivity index (χ4v) is 2.70. The van der Waals surface area contributed by atoms with Crippen LogP contribution in [0.1, 0.15) is 56.9 Å². The molecule has 0 aliphatic rings. The molecule has 134 valence electrons. The zero-order valence-electron chi connectivity index (χ0n) is 14.4. The van der Waals surface area contributed by atoms with Gasteiger partial charge in [0, 0.05) is 13.0 Å². The highest BCUT2D eigenvalue weighted by molar-refractivity contribution is 9.11. The van der Waals surface area contributed by atoms with E-state index in [1.807, 2.05) is 4.99 Å². The molecule has 0 atom stereocenters. The number of rotatable bonds is 12. The van der Waals surface area contributed by atoms with E-state index in [0.717, 1.165) is 24.8 Å². The van der Waals surface area contributed by atoms with Crippen LogP contribution in [0.3, 0.4) is 0 Å². The van der Waals surface area contributed by atoms with E-state index < -0.39 is 0 Å². The molecule has 0 unspecified atom stereocenters. The lowest BCUT2D eigenvalue weighted by atomic mass is 10.1. The van der Waals surface area contributed by atoms with Crippen molar-refractivity contribution in [2.75, 3.05) is 7.11 Å². The van der Waals surface area contributed by atoms with Gasteiger partial charge in [-0.05, 0) is 41.9 Å². The Morgan fingerprint density at radius 1 is 1.21 bits per heavy atom. The summed E-state index contributed by atoms with van der Waals surface area (Å²) in [4.78, 5) is 13.8. The fraction of sp³-hybridized carbons (Fsp3) is 0.526. The Labute approximate surface area is 153 Å². The molecule has 0 fully saturated rings. The van der Waals surface area contributed by atoms with E-state index in [4.69, 9.17) is 4.74 Å². The van der Waals surface area contributed by atoms with Crippen LogP contribution in [0.4, 0.5) is 0 Å². The standard InChI is InChI=1S/C19H28BrNO3/c1-24-18-14-16(11-12-17(18)22)15-21-19(23)10-8-6-4-2-3-5-7-9-13-20/h9,11-14,22H,2-8,10,15H2,1H3,(H,21,23)/b13-9-. The first kappa shape index (κ1) is 20.6. The van der Waals surface area contributed by atoms with Crippen molar-refractivity contribution in [3.8, 4) is 11.5 Å². The summed E-state index contributed by atoms with van der Waals surface area (Å²) in [6.07, 6.45) is 10.8. The maximum absolute atomic E-state index is 11.8. The number of phenolic OH excluding ortho intramolecular Hbond substituents is 1. The molecule has 0 radical (unpaired) electrons. The second kappa shape index (κ2) is 12.9. The van der Waals surface area contributed by atoms with Gasteiger partial charge in [-0.2, -0.15) is 0 Å². The van der Waals surface area contributed by atoms with E-state index in [9.17, 15) is 9.90 Å². The van der Waals surface area contributed by atoms with E-state index in [0.29, 0.717) is 18.7 Å². The van der Waals surface area contributed by atoms with Gasteiger partial charge >= 0.3 is 0 Å². The van der Waals surface area contributed by atoms with Crippen LogP contribution in [0.2, 0.25) is 0 Å². The molecule has 1 rings (SSSR count). The first-order chi connectivity index (χ1) is 11.7. The van der Waals surface area contributed by atoms with Gasteiger partial charge in [-0.3, -0.25) is 4.79 Å². The minimum atomic E-state index is 0.0736. The van der Waals surface area contributed by atoms with Gasteiger partial charge < -0.3 is 15.2 Å². The Kier molecular flexibility index (Phi) is 11.0. The van der Waals surface area contributed by atoms with E-state index >= 15 is 0 Å². The first-order valence-corrected chi connectivity index (χ1v) is 9.46. The third-order valence-electron chi connectivity index (χ3n) is 3.85. The van der Waals surface area contributed by atoms with Crippen LogP contribution in [0.15, 0.2) is 29.3 Å². The van der Waals surface area contributed by atoms with Gasteiger partial charge in [0.05, 0.1) is 7.11 Å². The summed E-state index contributed by atoms with van der Waals surface area (Å²) in [5.41, 5.74) is 0.913. The molecule has 0 saturated carbocycles. The van der Waals surface area contributed by atoms with Crippen LogP contribution in [0.5, 0.6) is 11.5 Å². The number of carbonyl (C=O) groups excluding carboxylic acids is 1. The van der Waals surface area contributed by atoms with Crippen molar-refractivity contribution >= 4 is 21.8 Å². The largest absolute Gasteiger partial charge is 0.504 e. The number of carbonyl (C=O) groups is 1. The lowest BCUT2D eigenvalue weighted by molar-refractivity contribution is -0.121. The average molecular weight is 398 g/mol. The van der Waals surface area contributed by atoms with Crippen molar-refractivity contribution in [3.63, 3.8) is 0 Å². The van der Waals surface area contributed by atoms with Crippen LogP contribution >= 0.6 is 15.9 Å². The minimum absolute atomic E-state index is 0.0736. The molecule has 1 amide bonds. The number of amides is 1. The van der Waals surface area contributed by atoms with Gasteiger partial charge in [-0.15, -0.1) is 0 Å². The predicted molar refractivity (Wildman–Crippen MR) is 102 cm³/mol. The zero-order chi connectivity index (χ0) is 17.6. The summed E-state index contributed by atoms with van der Waals surface area (Å²) < 4.78 is 5.06. The Hall–Kier alpha value is -1.49. The lowest BCUT2D eigenvalue weighted by Crippen LogP contribution is -2.22. The second-order valence-electron chi connectivity index (χ2n) is 5.80. The third-order valence-corrected chi connectivity index (χ3v) is 4.22. The van der Waals surface area contributed by atoms with Crippen molar-refractivity contribution in [2.45, 2.75) is 57.9 Å². The quantitative estimate of drug-likeness (QED) is 0.485. The topological polar surface area (TPSA) is 58.6 Å². The van der Waals surface area contributed by atoms with Crippen LogP contribution in [0.25, 0.3) is 0 Å². The monoisotopic (exact) mass is 397 g/mol. The smallest absolute Gasteiger partial charge is 0.220 e. The Morgan fingerprint density at radius 2 is 1.92 bits per heavy atom. The number of allylic oxidation sites excluding steroid dienone is 1. The summed E-state index contributed by atoms with van der Waals surface area (Å²) in [6, 6.07) is 5.09. The molecule has 0 spiro atoms. The number of ether oxygens (including phenoxy) is 1. The maximum atomic E-state index is 11.8. The molecule has 0 heterocycles. The highest BCUT2D eigenvalue weighted by Gasteiger charge is 2.05. The highest BCUT2D eigenvalue weighted by Crippen LogP contribution is 2.26. The Balaban J connectivity index is 2.08. The van der Waals surface area contributed by atoms with Gasteiger partial charge in [-0.25, -0.2) is 0 Å². The number of halogens is 1. The van der Waals surface area contributed by atoms with Crippen molar-refractivity contribution in [2.24, 2.45) is 0 Å². The van der Waals surface area contributed by atoms with Crippen molar-refractivity contribution in [1.82, 2.24) is 5.32 Å². The number of nitrogens with one attached hydrogen (secondary N) is 1. The predicted octanol–water partition coefficient (Wildman–Crippen LogP) is 5.05. The summed E-state index contributed by atoms with van der Waals surface area (Å²) in [5, 5.41) is 12.4. The molecule has 1 aromatic rings. The van der Waals surface area contributed by atoms with Gasteiger partial charge in [-0.1, -0.05) is 53.8 Å². The van der Waals surface area contributed by atoms with Crippen molar-refractivity contribution < 1.29 is 14.6 Å². The van der Waals surface area contributed by atoms with Crippen LogP contribution in [0, 0.1) is 0 Å². The van der Waals surface area contributed by atoms with Crippen LogP contribution in [-0.2, 0) is 11.3 Å². The third kappa shape index (κ3) is 8.96. The van der Waals surface area contributed by atoms with Crippen LogP contribution in [-0.4, -0.2) is 18.1 Å². The lowest BCUT2D eigenvalue weighted by Gasteiger charge is -2.08. The summed E-state index contributed by atoms with van der Waals surface area (Å²) in [7, 11) is 1.51. The number of phenols is 1. The average Bonchev–Trinajstić information content (AvgIpc) is 2.59. The van der Waals surface area contributed by atoms with Crippen molar-refractivity contribution in [1.29, 1.82) is 0 Å². The molecular formula is C19H28BrNO3. The van der Waals surface area contributed by atoms with Crippen LogP contribution < -0.4 is 10.1 Å².